The smallest absolute Gasteiger partial charge is 0.307 e. The Kier molecular flexibility index (Phi) is 3.36. The molecule has 0 saturated carbocycles. The van der Waals surface area contributed by atoms with E-state index in [0.29, 0.717) is 6.42 Å². The minimum atomic E-state index is -0.0704. The minimum absolute atomic E-state index is 0.00551. The Morgan fingerprint density at radius 3 is 3.09 bits per heavy atom. The summed E-state index contributed by atoms with van der Waals surface area (Å²) in [4.78, 5) is 10.6. The topological polar surface area (TPSA) is 38.3 Å². The van der Waals surface area contributed by atoms with E-state index in [-0.39, 0.29) is 12.2 Å². The van der Waals surface area contributed by atoms with Crippen molar-refractivity contribution < 1.29 is 9.53 Å². The third-order valence-corrected chi connectivity index (χ3v) is 1.79. The van der Waals surface area contributed by atoms with E-state index >= 15 is 0 Å². The molecule has 64 valence electrons. The fourth-order valence-electron chi connectivity index (χ4n) is 1.11. The van der Waals surface area contributed by atoms with E-state index < -0.39 is 0 Å². The average molecular weight is 157 g/mol. The van der Waals surface area contributed by atoms with Crippen LogP contribution in [0.4, 0.5) is 0 Å². The Balaban J connectivity index is 2.04. The van der Waals surface area contributed by atoms with Crippen LogP contribution >= 0.6 is 0 Å². The number of hydrogen-bond acceptors (Lipinski definition) is 3. The summed E-state index contributed by atoms with van der Waals surface area (Å²) in [5.41, 5.74) is 0. The van der Waals surface area contributed by atoms with Gasteiger partial charge >= 0.3 is 5.97 Å². The van der Waals surface area contributed by atoms with Gasteiger partial charge in [-0.3, -0.25) is 10.1 Å². The lowest BCUT2D eigenvalue weighted by molar-refractivity contribution is -0.142. The van der Waals surface area contributed by atoms with E-state index in [9.17, 15) is 4.79 Å². The van der Waals surface area contributed by atoms with Crippen molar-refractivity contribution in [2.75, 3.05) is 6.54 Å². The zero-order valence-electron chi connectivity index (χ0n) is 6.93. The van der Waals surface area contributed by atoms with Crippen molar-refractivity contribution in [2.24, 2.45) is 0 Å². The van der Waals surface area contributed by atoms with Crippen molar-refractivity contribution in [2.45, 2.75) is 38.8 Å². The summed E-state index contributed by atoms with van der Waals surface area (Å²) in [6.45, 7) is 3.09. The van der Waals surface area contributed by atoms with E-state index in [1.165, 1.54) is 6.42 Å². The second-order valence-corrected chi connectivity index (χ2v) is 2.82. The lowest BCUT2D eigenvalue weighted by atomic mass is 10.3. The zero-order valence-corrected chi connectivity index (χ0v) is 6.93. The van der Waals surface area contributed by atoms with Gasteiger partial charge in [0, 0.05) is 6.42 Å². The SMILES string of the molecule is CCCCNC1CCC(=O)O1. The van der Waals surface area contributed by atoms with Gasteiger partial charge in [0.05, 0.1) is 6.42 Å². The predicted octanol–water partition coefficient (Wildman–Crippen LogP) is 1.04. The summed E-state index contributed by atoms with van der Waals surface area (Å²) in [6, 6.07) is 0. The van der Waals surface area contributed by atoms with Gasteiger partial charge in [0.2, 0.25) is 0 Å². The molecule has 0 aromatic rings. The third kappa shape index (κ3) is 2.89. The first-order valence-electron chi connectivity index (χ1n) is 4.26. The third-order valence-electron chi connectivity index (χ3n) is 1.79. The van der Waals surface area contributed by atoms with Crippen LogP contribution in [-0.4, -0.2) is 18.7 Å². The molecule has 1 unspecified atom stereocenters. The van der Waals surface area contributed by atoms with E-state index in [2.05, 4.69) is 12.2 Å². The van der Waals surface area contributed by atoms with Crippen LogP contribution in [0.5, 0.6) is 0 Å². The largest absolute Gasteiger partial charge is 0.447 e. The summed E-state index contributed by atoms with van der Waals surface area (Å²) in [7, 11) is 0. The summed E-state index contributed by atoms with van der Waals surface area (Å²) in [5, 5.41) is 3.17. The van der Waals surface area contributed by atoms with Gasteiger partial charge in [-0.1, -0.05) is 13.3 Å². The number of ether oxygens (including phenoxy) is 1. The highest BCUT2D eigenvalue weighted by molar-refractivity contribution is 5.71. The Morgan fingerprint density at radius 1 is 1.73 bits per heavy atom. The molecule has 0 spiro atoms. The van der Waals surface area contributed by atoms with Gasteiger partial charge in [-0.05, 0) is 13.0 Å². The zero-order chi connectivity index (χ0) is 8.10. The summed E-state index contributed by atoms with van der Waals surface area (Å²) in [6.07, 6.45) is 3.72. The molecule has 0 aromatic heterocycles. The van der Waals surface area contributed by atoms with Crippen LogP contribution in [0, 0.1) is 0 Å². The Hall–Kier alpha value is -0.570. The maximum absolute atomic E-state index is 10.6. The van der Waals surface area contributed by atoms with Crippen molar-refractivity contribution >= 4 is 5.97 Å². The van der Waals surface area contributed by atoms with E-state index in [4.69, 9.17) is 4.74 Å². The molecule has 1 rings (SSSR count). The molecule has 1 N–H and O–H groups in total. The highest BCUT2D eigenvalue weighted by Gasteiger charge is 2.21. The molecule has 3 nitrogen and oxygen atoms in total. The molecule has 0 aliphatic carbocycles. The van der Waals surface area contributed by atoms with Crippen LogP contribution in [-0.2, 0) is 9.53 Å². The monoisotopic (exact) mass is 157 g/mol. The van der Waals surface area contributed by atoms with Crippen LogP contribution in [0.25, 0.3) is 0 Å². The first-order valence-corrected chi connectivity index (χ1v) is 4.26. The molecule has 1 saturated heterocycles. The maximum Gasteiger partial charge on any atom is 0.307 e. The van der Waals surface area contributed by atoms with Gasteiger partial charge in [0.15, 0.2) is 6.23 Å². The van der Waals surface area contributed by atoms with E-state index in [1.807, 2.05) is 0 Å². The molecule has 0 aromatic carbocycles. The summed E-state index contributed by atoms with van der Waals surface area (Å²) in [5.74, 6) is -0.0704. The summed E-state index contributed by atoms with van der Waals surface area (Å²) >= 11 is 0. The molecule has 1 fully saturated rings. The molecule has 1 atom stereocenters. The lowest BCUT2D eigenvalue weighted by Crippen LogP contribution is -2.29. The van der Waals surface area contributed by atoms with Gasteiger partial charge in [-0.15, -0.1) is 0 Å². The van der Waals surface area contributed by atoms with Crippen LogP contribution in [0.3, 0.4) is 0 Å². The molecule has 0 amide bonds. The Bertz CT molecular complexity index is 136. The predicted molar refractivity (Wildman–Crippen MR) is 42.0 cm³/mol. The number of cyclic esters (lactones) is 1. The molecular formula is C8H15NO2. The van der Waals surface area contributed by atoms with E-state index in [1.54, 1.807) is 0 Å². The number of unbranched alkanes of at least 4 members (excludes halogenated alkanes) is 1. The van der Waals surface area contributed by atoms with Gasteiger partial charge < -0.3 is 4.74 Å². The van der Waals surface area contributed by atoms with Crippen molar-refractivity contribution in [3.05, 3.63) is 0 Å². The second-order valence-electron chi connectivity index (χ2n) is 2.82. The van der Waals surface area contributed by atoms with Gasteiger partial charge in [-0.25, -0.2) is 0 Å². The highest BCUT2D eigenvalue weighted by Crippen LogP contribution is 2.10. The Morgan fingerprint density at radius 2 is 2.55 bits per heavy atom. The molecule has 11 heavy (non-hydrogen) atoms. The maximum atomic E-state index is 10.6. The molecular weight excluding hydrogens is 142 g/mol. The van der Waals surface area contributed by atoms with Crippen molar-refractivity contribution in [1.82, 2.24) is 5.32 Å². The fourth-order valence-corrected chi connectivity index (χ4v) is 1.11. The normalized spacial score (nSPS) is 23.7. The van der Waals surface area contributed by atoms with Crippen molar-refractivity contribution in [1.29, 1.82) is 0 Å². The summed E-state index contributed by atoms with van der Waals surface area (Å²) < 4.78 is 4.96. The highest BCUT2D eigenvalue weighted by atomic mass is 16.6. The van der Waals surface area contributed by atoms with Gasteiger partial charge in [0.25, 0.3) is 0 Å². The molecule has 3 heteroatoms. The first-order chi connectivity index (χ1) is 5.33. The van der Waals surface area contributed by atoms with E-state index in [0.717, 1.165) is 19.4 Å². The second kappa shape index (κ2) is 4.34. The van der Waals surface area contributed by atoms with Crippen LogP contribution in [0.1, 0.15) is 32.6 Å². The molecule has 1 aliphatic heterocycles. The quantitative estimate of drug-likeness (QED) is 0.489. The molecule has 0 radical (unpaired) electrons. The number of hydrogen-bond donors (Lipinski definition) is 1. The van der Waals surface area contributed by atoms with Crippen LogP contribution in [0.15, 0.2) is 0 Å². The molecule has 0 bridgehead atoms. The Labute approximate surface area is 67.1 Å². The van der Waals surface area contributed by atoms with Gasteiger partial charge in [0.1, 0.15) is 0 Å². The van der Waals surface area contributed by atoms with Crippen LogP contribution in [0.2, 0.25) is 0 Å². The number of carbonyl (C=O) groups excluding carboxylic acids is 1. The number of esters is 1. The first kappa shape index (κ1) is 8.53. The molecule has 1 heterocycles. The number of rotatable bonds is 4. The fraction of sp³-hybridized carbons (Fsp3) is 0.875. The average Bonchev–Trinajstić information content (AvgIpc) is 2.37. The standard InChI is InChI=1S/C8H15NO2/c1-2-3-6-9-7-4-5-8(10)11-7/h7,9H,2-6H2,1H3. The lowest BCUT2D eigenvalue weighted by Gasteiger charge is -2.09. The van der Waals surface area contributed by atoms with Crippen molar-refractivity contribution in [3.63, 3.8) is 0 Å². The number of nitrogens with one attached hydrogen (secondary N) is 1. The minimum Gasteiger partial charge on any atom is -0.447 e. The van der Waals surface area contributed by atoms with Crippen LogP contribution < -0.4 is 5.32 Å². The van der Waals surface area contributed by atoms with Gasteiger partial charge in [-0.2, -0.15) is 0 Å². The van der Waals surface area contributed by atoms with Crippen molar-refractivity contribution in [3.8, 4) is 0 Å². The molecule has 1 aliphatic rings. The number of carbonyl (C=O) groups is 1.